The number of nitrogens with one attached hydrogen (secondary N) is 3. The lowest BCUT2D eigenvalue weighted by molar-refractivity contribution is 0.0952. The van der Waals surface area contributed by atoms with Crippen molar-refractivity contribution < 1.29 is 9.90 Å². The Kier molecular flexibility index (Phi) is 7.29. The number of likely N-dealkylation sites (N-methyl/N-ethyl adjacent to an activating group) is 2. The van der Waals surface area contributed by atoms with Crippen molar-refractivity contribution >= 4 is 34.2 Å². The predicted octanol–water partition coefficient (Wildman–Crippen LogP) is -0.650. The first-order valence-electron chi connectivity index (χ1n) is 10.6. The van der Waals surface area contributed by atoms with E-state index >= 15 is 0 Å². The highest BCUT2D eigenvalue weighted by molar-refractivity contribution is 6.06. The molecule has 1 heterocycles. The number of rotatable bonds is 8. The first-order valence-corrected chi connectivity index (χ1v) is 10.6. The summed E-state index contributed by atoms with van der Waals surface area (Å²) in [5.74, 6) is -0.575. The number of amides is 1. The largest absolute Gasteiger partial charge is 0.507 e. The average Bonchev–Trinajstić information content (AvgIpc) is 2.76. The lowest BCUT2D eigenvalue weighted by Crippen LogP contribution is -2.32. The van der Waals surface area contributed by atoms with Crippen molar-refractivity contribution in [3.05, 3.63) is 48.9 Å². The fourth-order valence-corrected chi connectivity index (χ4v) is 3.41. The van der Waals surface area contributed by atoms with Gasteiger partial charge in [0.05, 0.1) is 16.3 Å². The molecule has 0 saturated carbocycles. The van der Waals surface area contributed by atoms with E-state index in [1.54, 1.807) is 6.20 Å². The zero-order valence-corrected chi connectivity index (χ0v) is 19.6. The summed E-state index contributed by atoms with van der Waals surface area (Å²) < 4.78 is 0. The number of hydrogen-bond donors (Lipinski definition) is 4. The number of H-pyrrole nitrogens is 1. The molecule has 0 saturated heterocycles. The van der Waals surface area contributed by atoms with Crippen LogP contribution in [0.1, 0.15) is 15.9 Å². The molecule has 3 rings (SSSR count). The first kappa shape index (κ1) is 24.1. The fourth-order valence-electron chi connectivity index (χ4n) is 3.41. The fraction of sp³-hybridized carbons (Fsp3) is 0.391. The van der Waals surface area contributed by atoms with Gasteiger partial charge in [-0.05, 0) is 47.2 Å². The van der Waals surface area contributed by atoms with Gasteiger partial charge in [0, 0.05) is 37.9 Å². The van der Waals surface area contributed by atoms with Crippen LogP contribution in [0.15, 0.2) is 21.7 Å². The Labute approximate surface area is 190 Å². The zero-order valence-electron chi connectivity index (χ0n) is 19.6. The second kappa shape index (κ2) is 9.97. The summed E-state index contributed by atoms with van der Waals surface area (Å²) in [6, 6.07) is 2.70. The maximum atomic E-state index is 12.9. The van der Waals surface area contributed by atoms with Gasteiger partial charge in [-0.25, -0.2) is 4.98 Å². The summed E-state index contributed by atoms with van der Waals surface area (Å²) in [6.45, 7) is 3.95. The zero-order chi connectivity index (χ0) is 24.3. The van der Waals surface area contributed by atoms with E-state index < -0.39 is 10.9 Å². The maximum absolute atomic E-state index is 12.9. The molecule has 3 aromatic rings. The van der Waals surface area contributed by atoms with E-state index in [0.717, 1.165) is 6.54 Å². The van der Waals surface area contributed by atoms with E-state index in [1.165, 1.54) is 19.1 Å². The van der Waals surface area contributed by atoms with Crippen molar-refractivity contribution in [3.8, 4) is 5.75 Å². The molecule has 10 heteroatoms. The molecular weight excluding hydrogens is 424 g/mol. The van der Waals surface area contributed by atoms with Crippen molar-refractivity contribution in [1.29, 1.82) is 0 Å². The molecule has 0 aliphatic heterocycles. The highest BCUT2D eigenvalue weighted by Gasteiger charge is 2.18. The van der Waals surface area contributed by atoms with E-state index in [0.29, 0.717) is 24.9 Å². The molecular formula is C23H30N6O4. The standard InChI is InChI=1S/C23H30N6O4/c1-13-21(31)15(12-24-8-10-28(2)3)18-20(22(13)32)27-17-14(6-7-16(30)19(17)26-18)23(33)25-9-11-29(4)5/h6-7,12,24,27,31H,8-11H2,1-5H3,(H,25,33)/b15-12-. The Morgan fingerprint density at radius 1 is 1.06 bits per heavy atom. The molecule has 0 aliphatic rings. The minimum atomic E-state index is -0.447. The van der Waals surface area contributed by atoms with Crippen LogP contribution in [0.4, 0.5) is 0 Å². The Hall–Kier alpha value is -3.50. The van der Waals surface area contributed by atoms with Gasteiger partial charge in [0.25, 0.3) is 5.91 Å². The molecule has 0 spiro atoms. The molecule has 0 bridgehead atoms. The Morgan fingerprint density at radius 2 is 1.73 bits per heavy atom. The number of carbonyl (C=O) groups excluding carboxylic acids is 1. The predicted molar refractivity (Wildman–Crippen MR) is 130 cm³/mol. The Bertz CT molecular complexity index is 1360. The van der Waals surface area contributed by atoms with Gasteiger partial charge in [0.2, 0.25) is 10.9 Å². The normalized spacial score (nSPS) is 12.3. The quantitative estimate of drug-likeness (QED) is 0.261. The number of aromatic nitrogens is 2. The SMILES string of the molecule is Cc1c(O)/c(=C\NCCN(C)C)c2nc3c(=O)ccc(C(=O)NCCN(C)C)c3[nH]c2c1=O. The van der Waals surface area contributed by atoms with Crippen molar-refractivity contribution in [2.45, 2.75) is 6.92 Å². The number of hydrogen-bond acceptors (Lipinski definition) is 8. The summed E-state index contributed by atoms with van der Waals surface area (Å²) in [5, 5.41) is 16.9. The Balaban J connectivity index is 2.20. The number of phenolic OH excluding ortho intramolecular Hbond substituents is 1. The molecule has 176 valence electrons. The number of benzene rings is 2. The lowest BCUT2D eigenvalue weighted by atomic mass is 10.1. The second-order valence-corrected chi connectivity index (χ2v) is 8.47. The van der Waals surface area contributed by atoms with E-state index in [-0.39, 0.29) is 44.9 Å². The molecule has 10 nitrogen and oxygen atoms in total. The van der Waals surface area contributed by atoms with Gasteiger partial charge < -0.3 is 30.5 Å². The van der Waals surface area contributed by atoms with Crippen LogP contribution in [0.3, 0.4) is 0 Å². The number of fused-ring (bicyclic) bond motifs is 2. The molecule has 1 amide bonds. The number of phenols is 1. The summed E-state index contributed by atoms with van der Waals surface area (Å²) in [7, 11) is 7.68. The average molecular weight is 455 g/mol. The van der Waals surface area contributed by atoms with Crippen molar-refractivity contribution in [2.75, 3.05) is 54.4 Å². The second-order valence-electron chi connectivity index (χ2n) is 8.47. The summed E-state index contributed by atoms with van der Waals surface area (Å²) >= 11 is 0. The summed E-state index contributed by atoms with van der Waals surface area (Å²) in [4.78, 5) is 49.6. The van der Waals surface area contributed by atoms with Crippen LogP contribution >= 0.6 is 0 Å². The molecule has 0 radical (unpaired) electrons. The number of aromatic amines is 1. The molecule has 4 N–H and O–H groups in total. The lowest BCUT2D eigenvalue weighted by Gasteiger charge is -2.12. The first-order chi connectivity index (χ1) is 15.6. The van der Waals surface area contributed by atoms with Gasteiger partial charge in [0.1, 0.15) is 22.3 Å². The van der Waals surface area contributed by atoms with Crippen molar-refractivity contribution in [3.63, 3.8) is 0 Å². The van der Waals surface area contributed by atoms with Gasteiger partial charge in [0.15, 0.2) is 0 Å². The van der Waals surface area contributed by atoms with Crippen molar-refractivity contribution in [1.82, 2.24) is 30.4 Å². The third-order valence-electron chi connectivity index (χ3n) is 5.32. The number of nitrogens with zero attached hydrogens (tertiary/aromatic N) is 3. The van der Waals surface area contributed by atoms with Gasteiger partial charge in [-0.1, -0.05) is 0 Å². The summed E-state index contributed by atoms with van der Waals surface area (Å²) in [5.41, 5.74) is 0.0130. The van der Waals surface area contributed by atoms with E-state index in [2.05, 4.69) is 20.6 Å². The van der Waals surface area contributed by atoms with Crippen LogP contribution in [-0.2, 0) is 0 Å². The molecule has 1 aromatic heterocycles. The number of carbonyl (C=O) groups is 1. The Morgan fingerprint density at radius 3 is 2.39 bits per heavy atom. The molecule has 0 unspecified atom stereocenters. The van der Waals surface area contributed by atoms with E-state index in [4.69, 9.17) is 0 Å². The minimum absolute atomic E-state index is 0.0216. The maximum Gasteiger partial charge on any atom is 0.253 e. The molecule has 2 aromatic carbocycles. The van der Waals surface area contributed by atoms with Crippen LogP contribution < -0.4 is 26.7 Å². The smallest absolute Gasteiger partial charge is 0.253 e. The van der Waals surface area contributed by atoms with E-state index in [1.807, 2.05) is 38.0 Å². The number of aromatic hydroxyl groups is 1. The van der Waals surface area contributed by atoms with Crippen LogP contribution in [0.2, 0.25) is 0 Å². The van der Waals surface area contributed by atoms with Gasteiger partial charge in [-0.15, -0.1) is 0 Å². The molecule has 33 heavy (non-hydrogen) atoms. The van der Waals surface area contributed by atoms with Gasteiger partial charge in [-0.3, -0.25) is 14.4 Å². The van der Waals surface area contributed by atoms with Crippen LogP contribution in [0.5, 0.6) is 5.75 Å². The third kappa shape index (κ3) is 5.12. The third-order valence-corrected chi connectivity index (χ3v) is 5.32. The minimum Gasteiger partial charge on any atom is -0.507 e. The highest BCUT2D eigenvalue weighted by Crippen LogP contribution is 2.17. The molecule has 0 atom stereocenters. The monoisotopic (exact) mass is 454 g/mol. The molecule has 0 aliphatic carbocycles. The van der Waals surface area contributed by atoms with Gasteiger partial charge >= 0.3 is 0 Å². The highest BCUT2D eigenvalue weighted by atomic mass is 16.3. The van der Waals surface area contributed by atoms with Crippen LogP contribution in [0.25, 0.3) is 28.3 Å². The van der Waals surface area contributed by atoms with Crippen LogP contribution in [-0.4, -0.2) is 85.2 Å². The van der Waals surface area contributed by atoms with Crippen molar-refractivity contribution in [2.24, 2.45) is 0 Å². The topological polar surface area (TPSA) is 131 Å². The van der Waals surface area contributed by atoms with Gasteiger partial charge in [-0.2, -0.15) is 0 Å². The van der Waals surface area contributed by atoms with E-state index in [9.17, 15) is 19.5 Å². The molecule has 0 fully saturated rings. The summed E-state index contributed by atoms with van der Waals surface area (Å²) in [6.07, 6.45) is 1.59. The van der Waals surface area contributed by atoms with Crippen LogP contribution in [0, 0.1) is 6.92 Å².